The van der Waals surface area contributed by atoms with Gasteiger partial charge in [-0.15, -0.1) is 0 Å². The van der Waals surface area contributed by atoms with E-state index in [4.69, 9.17) is 4.42 Å². The number of amides is 1. The van der Waals surface area contributed by atoms with Crippen LogP contribution in [0.1, 0.15) is 33.3 Å². The second kappa shape index (κ2) is 6.88. The van der Waals surface area contributed by atoms with Crippen LogP contribution in [0.4, 0.5) is 0 Å². The number of para-hydroxylation sites is 1. The van der Waals surface area contributed by atoms with Crippen molar-refractivity contribution in [3.63, 3.8) is 0 Å². The molecule has 1 unspecified atom stereocenters. The minimum Gasteiger partial charge on any atom is -0.467 e. The third kappa shape index (κ3) is 2.79. The molecular formula is C27H22N2O2. The van der Waals surface area contributed by atoms with E-state index in [0.717, 1.165) is 28.9 Å². The van der Waals surface area contributed by atoms with Crippen molar-refractivity contribution in [1.29, 1.82) is 0 Å². The maximum Gasteiger partial charge on any atom is 0.255 e. The third-order valence-electron chi connectivity index (χ3n) is 6.53. The summed E-state index contributed by atoms with van der Waals surface area (Å²) in [6.07, 6.45) is 2.45. The largest absolute Gasteiger partial charge is 0.467 e. The fraction of sp³-hybridized carbons (Fsp3) is 0.148. The molecule has 1 amide bonds. The second-order valence-corrected chi connectivity index (χ2v) is 8.24. The highest BCUT2D eigenvalue weighted by Gasteiger charge is 2.33. The van der Waals surface area contributed by atoms with E-state index in [0.29, 0.717) is 6.54 Å². The molecule has 4 nitrogen and oxygen atoms in total. The number of nitrogens with zero attached hydrogens (tertiary/aromatic N) is 2. The van der Waals surface area contributed by atoms with E-state index in [1.54, 1.807) is 6.26 Å². The lowest BCUT2D eigenvalue weighted by Crippen LogP contribution is -2.39. The molecule has 4 heteroatoms. The van der Waals surface area contributed by atoms with Crippen LogP contribution in [0.5, 0.6) is 0 Å². The topological polar surface area (TPSA) is 38.4 Å². The molecule has 5 aromatic rings. The predicted molar refractivity (Wildman–Crippen MR) is 122 cm³/mol. The highest BCUT2D eigenvalue weighted by atomic mass is 16.3. The summed E-state index contributed by atoms with van der Waals surface area (Å²) in [5.74, 6) is 0.852. The summed E-state index contributed by atoms with van der Waals surface area (Å²) in [7, 11) is 2.11. The molecule has 2 aromatic heterocycles. The van der Waals surface area contributed by atoms with Gasteiger partial charge in [-0.25, -0.2) is 0 Å². The van der Waals surface area contributed by atoms with Gasteiger partial charge in [0.1, 0.15) is 5.76 Å². The number of carbonyl (C=O) groups is 1. The molecule has 1 aliphatic heterocycles. The lowest BCUT2D eigenvalue weighted by molar-refractivity contribution is 0.0612. The van der Waals surface area contributed by atoms with Crippen molar-refractivity contribution in [3.8, 4) is 0 Å². The molecule has 3 aromatic carbocycles. The standard InChI is InChI=1S/C27H22N2O2/c1-28-24-11-5-4-10-22(24)23-15-19(12-13-25(23)28)26-16-18-7-2-3-9-21(18)27(30)29(26)17-20-8-6-14-31-20/h2-15,26H,16-17H2,1H3. The maximum atomic E-state index is 13.5. The molecule has 0 aliphatic carbocycles. The number of aryl methyl sites for hydroxylation is 1. The van der Waals surface area contributed by atoms with Crippen molar-refractivity contribution in [2.75, 3.05) is 0 Å². The van der Waals surface area contributed by atoms with Crippen LogP contribution in [0.15, 0.2) is 89.5 Å². The highest BCUT2D eigenvalue weighted by molar-refractivity contribution is 6.08. The van der Waals surface area contributed by atoms with Gasteiger partial charge in [0.05, 0.1) is 18.8 Å². The van der Waals surface area contributed by atoms with E-state index >= 15 is 0 Å². The van der Waals surface area contributed by atoms with Crippen LogP contribution in [0.3, 0.4) is 0 Å². The Morgan fingerprint density at radius 3 is 2.58 bits per heavy atom. The highest BCUT2D eigenvalue weighted by Crippen LogP contribution is 2.37. The van der Waals surface area contributed by atoms with Crippen molar-refractivity contribution < 1.29 is 9.21 Å². The van der Waals surface area contributed by atoms with Crippen LogP contribution in [0.25, 0.3) is 21.8 Å². The number of carbonyl (C=O) groups excluding carboxylic acids is 1. The van der Waals surface area contributed by atoms with Crippen molar-refractivity contribution in [1.82, 2.24) is 9.47 Å². The third-order valence-corrected chi connectivity index (χ3v) is 6.53. The molecule has 152 valence electrons. The molecule has 0 saturated heterocycles. The molecular weight excluding hydrogens is 384 g/mol. The van der Waals surface area contributed by atoms with Crippen LogP contribution in [-0.2, 0) is 20.0 Å². The predicted octanol–water partition coefficient (Wildman–Crippen LogP) is 5.86. The Bertz CT molecular complexity index is 1430. The first-order chi connectivity index (χ1) is 15.2. The van der Waals surface area contributed by atoms with E-state index in [-0.39, 0.29) is 11.9 Å². The van der Waals surface area contributed by atoms with Gasteiger partial charge in [0.15, 0.2) is 0 Å². The summed E-state index contributed by atoms with van der Waals surface area (Å²) in [6, 6.07) is 26.8. The molecule has 0 bridgehead atoms. The van der Waals surface area contributed by atoms with Crippen LogP contribution < -0.4 is 0 Å². The van der Waals surface area contributed by atoms with E-state index < -0.39 is 0 Å². The Hall–Kier alpha value is -3.79. The molecule has 0 fully saturated rings. The number of hydrogen-bond acceptors (Lipinski definition) is 2. The quantitative estimate of drug-likeness (QED) is 0.376. The van der Waals surface area contributed by atoms with Gasteiger partial charge in [0.25, 0.3) is 5.91 Å². The number of hydrogen-bond donors (Lipinski definition) is 0. The molecule has 1 aliphatic rings. The van der Waals surface area contributed by atoms with Gasteiger partial charge < -0.3 is 13.9 Å². The molecule has 3 heterocycles. The average molecular weight is 406 g/mol. The molecule has 1 atom stereocenters. The van der Waals surface area contributed by atoms with Gasteiger partial charge in [-0.05, 0) is 53.9 Å². The Labute approximate surface area is 180 Å². The normalized spacial score (nSPS) is 16.2. The minimum atomic E-state index is -0.0455. The van der Waals surface area contributed by atoms with Gasteiger partial charge in [0, 0.05) is 34.4 Å². The Kier molecular flexibility index (Phi) is 4.00. The lowest BCUT2D eigenvalue weighted by atomic mass is 9.88. The van der Waals surface area contributed by atoms with Gasteiger partial charge in [-0.1, -0.05) is 42.5 Å². The van der Waals surface area contributed by atoms with E-state index in [9.17, 15) is 4.79 Å². The fourth-order valence-corrected chi connectivity index (χ4v) is 4.96. The number of fused-ring (bicyclic) bond motifs is 4. The lowest BCUT2D eigenvalue weighted by Gasteiger charge is -2.36. The second-order valence-electron chi connectivity index (χ2n) is 8.24. The summed E-state index contributed by atoms with van der Waals surface area (Å²) in [6.45, 7) is 0.457. The zero-order valence-electron chi connectivity index (χ0n) is 17.3. The van der Waals surface area contributed by atoms with E-state index in [1.807, 2.05) is 35.2 Å². The Morgan fingerprint density at radius 1 is 0.903 bits per heavy atom. The van der Waals surface area contributed by atoms with Crippen LogP contribution in [-0.4, -0.2) is 15.4 Å². The molecule has 0 N–H and O–H groups in total. The van der Waals surface area contributed by atoms with E-state index in [1.165, 1.54) is 21.8 Å². The van der Waals surface area contributed by atoms with Gasteiger partial charge >= 0.3 is 0 Å². The first-order valence-electron chi connectivity index (χ1n) is 10.6. The van der Waals surface area contributed by atoms with Gasteiger partial charge in [-0.3, -0.25) is 4.79 Å². The first kappa shape index (κ1) is 18.0. The summed E-state index contributed by atoms with van der Waals surface area (Å²) in [5.41, 5.74) is 5.46. The Balaban J connectivity index is 1.51. The smallest absolute Gasteiger partial charge is 0.255 e. The zero-order chi connectivity index (χ0) is 20.9. The van der Waals surface area contributed by atoms with Gasteiger partial charge in [-0.2, -0.15) is 0 Å². The number of aromatic nitrogens is 1. The fourth-order valence-electron chi connectivity index (χ4n) is 4.96. The average Bonchev–Trinajstić information content (AvgIpc) is 3.42. The van der Waals surface area contributed by atoms with Crippen molar-refractivity contribution in [2.45, 2.75) is 19.0 Å². The first-order valence-corrected chi connectivity index (χ1v) is 10.6. The maximum absolute atomic E-state index is 13.5. The molecule has 31 heavy (non-hydrogen) atoms. The van der Waals surface area contributed by atoms with E-state index in [2.05, 4.69) is 60.1 Å². The van der Waals surface area contributed by atoms with Crippen molar-refractivity contribution in [2.24, 2.45) is 7.05 Å². The van der Waals surface area contributed by atoms with Crippen molar-refractivity contribution in [3.05, 3.63) is 108 Å². The number of rotatable bonds is 3. The summed E-state index contributed by atoms with van der Waals surface area (Å²) in [5, 5.41) is 2.46. The summed E-state index contributed by atoms with van der Waals surface area (Å²) < 4.78 is 7.82. The summed E-state index contributed by atoms with van der Waals surface area (Å²) in [4.78, 5) is 15.4. The molecule has 0 saturated carbocycles. The summed E-state index contributed by atoms with van der Waals surface area (Å²) >= 11 is 0. The van der Waals surface area contributed by atoms with Crippen LogP contribution >= 0.6 is 0 Å². The van der Waals surface area contributed by atoms with Crippen LogP contribution in [0, 0.1) is 0 Å². The molecule has 0 radical (unpaired) electrons. The minimum absolute atomic E-state index is 0.0455. The zero-order valence-corrected chi connectivity index (χ0v) is 17.3. The Morgan fingerprint density at radius 2 is 1.71 bits per heavy atom. The van der Waals surface area contributed by atoms with Gasteiger partial charge in [0.2, 0.25) is 0 Å². The SMILES string of the molecule is Cn1c2ccccc2c2cc(C3Cc4ccccc4C(=O)N3Cc3ccco3)ccc21. The molecule has 0 spiro atoms. The van der Waals surface area contributed by atoms with Crippen molar-refractivity contribution >= 4 is 27.7 Å². The van der Waals surface area contributed by atoms with Crippen LogP contribution in [0.2, 0.25) is 0 Å². The number of benzene rings is 3. The molecule has 6 rings (SSSR count). The number of furan rings is 1. The monoisotopic (exact) mass is 406 g/mol.